The van der Waals surface area contributed by atoms with Gasteiger partial charge < -0.3 is 15.0 Å². The number of carbonyl (C=O) groups is 1. The standard InChI is InChI=1S/C20H21N5O2/c1-27-17-14-25(16-7-3-2-4-8-16)23-19(17)20(26)22-15-9-10-18(21-13-15)24-11-5-6-12-24/h2-4,7-10,13-14H,5-6,11-12H2,1H3,(H,22,26). The molecule has 3 aromatic rings. The highest BCUT2D eigenvalue weighted by Gasteiger charge is 2.19. The van der Waals surface area contributed by atoms with Crippen LogP contribution in [0.25, 0.3) is 5.69 Å². The van der Waals surface area contributed by atoms with Crippen LogP contribution in [0, 0.1) is 0 Å². The van der Waals surface area contributed by atoms with Crippen molar-refractivity contribution in [1.82, 2.24) is 14.8 Å². The Labute approximate surface area is 157 Å². The lowest BCUT2D eigenvalue weighted by molar-refractivity contribution is 0.101. The Balaban J connectivity index is 1.51. The van der Waals surface area contributed by atoms with Crippen LogP contribution in [0.4, 0.5) is 11.5 Å². The SMILES string of the molecule is COc1cn(-c2ccccc2)nc1C(=O)Nc1ccc(N2CCCC2)nc1. The van der Waals surface area contributed by atoms with E-state index in [-0.39, 0.29) is 11.6 Å². The van der Waals surface area contributed by atoms with Gasteiger partial charge in [0.15, 0.2) is 11.4 Å². The number of methoxy groups -OCH3 is 1. The molecule has 3 heterocycles. The van der Waals surface area contributed by atoms with E-state index in [1.165, 1.54) is 20.0 Å². The van der Waals surface area contributed by atoms with E-state index in [0.717, 1.165) is 24.6 Å². The topological polar surface area (TPSA) is 72.3 Å². The molecule has 1 fully saturated rings. The highest BCUT2D eigenvalue weighted by Crippen LogP contribution is 2.22. The Morgan fingerprint density at radius 2 is 1.89 bits per heavy atom. The molecule has 1 amide bonds. The smallest absolute Gasteiger partial charge is 0.280 e. The van der Waals surface area contributed by atoms with E-state index in [0.29, 0.717) is 11.4 Å². The van der Waals surface area contributed by atoms with E-state index in [2.05, 4.69) is 20.3 Å². The molecule has 2 aromatic heterocycles. The highest BCUT2D eigenvalue weighted by atomic mass is 16.5. The Hall–Kier alpha value is -3.35. The van der Waals surface area contributed by atoms with E-state index in [4.69, 9.17) is 4.74 Å². The summed E-state index contributed by atoms with van der Waals surface area (Å²) in [6.45, 7) is 2.07. The largest absolute Gasteiger partial charge is 0.493 e. The van der Waals surface area contributed by atoms with Crippen LogP contribution in [0.5, 0.6) is 5.75 Å². The molecule has 1 aliphatic heterocycles. The molecule has 1 aromatic carbocycles. The minimum atomic E-state index is -0.336. The Bertz CT molecular complexity index is 915. The van der Waals surface area contributed by atoms with Crippen molar-refractivity contribution in [3.05, 3.63) is 60.6 Å². The summed E-state index contributed by atoms with van der Waals surface area (Å²) >= 11 is 0. The number of ether oxygens (including phenoxy) is 1. The zero-order chi connectivity index (χ0) is 18.6. The Morgan fingerprint density at radius 3 is 2.56 bits per heavy atom. The van der Waals surface area contributed by atoms with Gasteiger partial charge in [0.1, 0.15) is 5.82 Å². The fraction of sp³-hybridized carbons (Fsp3) is 0.250. The summed E-state index contributed by atoms with van der Waals surface area (Å²) in [5.41, 5.74) is 1.70. The van der Waals surface area contributed by atoms with Gasteiger partial charge in [-0.15, -0.1) is 0 Å². The monoisotopic (exact) mass is 363 g/mol. The van der Waals surface area contributed by atoms with E-state index in [9.17, 15) is 4.79 Å². The molecule has 138 valence electrons. The average Bonchev–Trinajstić information content (AvgIpc) is 3.39. The zero-order valence-corrected chi connectivity index (χ0v) is 15.1. The summed E-state index contributed by atoms with van der Waals surface area (Å²) in [6, 6.07) is 13.4. The van der Waals surface area contributed by atoms with Crippen molar-refractivity contribution in [3.63, 3.8) is 0 Å². The number of hydrogen-bond acceptors (Lipinski definition) is 5. The van der Waals surface area contributed by atoms with Crippen molar-refractivity contribution in [3.8, 4) is 11.4 Å². The fourth-order valence-electron chi connectivity index (χ4n) is 3.16. The molecular formula is C20H21N5O2. The summed E-state index contributed by atoms with van der Waals surface area (Å²) in [6.07, 6.45) is 5.76. The third kappa shape index (κ3) is 3.62. The van der Waals surface area contributed by atoms with Crippen LogP contribution in [-0.2, 0) is 0 Å². The molecule has 4 rings (SSSR count). The molecule has 7 nitrogen and oxygen atoms in total. The van der Waals surface area contributed by atoms with E-state index < -0.39 is 0 Å². The molecule has 0 aliphatic carbocycles. The van der Waals surface area contributed by atoms with Gasteiger partial charge >= 0.3 is 0 Å². The van der Waals surface area contributed by atoms with Gasteiger partial charge in [0, 0.05) is 13.1 Å². The average molecular weight is 363 g/mol. The number of nitrogens with one attached hydrogen (secondary N) is 1. The van der Waals surface area contributed by atoms with Crippen molar-refractivity contribution in [2.75, 3.05) is 30.4 Å². The van der Waals surface area contributed by atoms with Gasteiger partial charge in [0.2, 0.25) is 0 Å². The maximum absolute atomic E-state index is 12.7. The molecular weight excluding hydrogens is 342 g/mol. The first-order valence-corrected chi connectivity index (χ1v) is 8.96. The molecule has 1 N–H and O–H groups in total. The molecule has 7 heteroatoms. The minimum Gasteiger partial charge on any atom is -0.493 e. The molecule has 0 atom stereocenters. The van der Waals surface area contributed by atoms with E-state index >= 15 is 0 Å². The predicted octanol–water partition coefficient (Wildman–Crippen LogP) is 3.13. The van der Waals surface area contributed by atoms with E-state index in [1.807, 2.05) is 42.5 Å². The van der Waals surface area contributed by atoms with Gasteiger partial charge in [-0.2, -0.15) is 5.10 Å². The maximum Gasteiger partial charge on any atom is 0.280 e. The van der Waals surface area contributed by atoms with Crippen LogP contribution < -0.4 is 15.0 Å². The molecule has 1 saturated heterocycles. The number of para-hydroxylation sites is 1. The minimum absolute atomic E-state index is 0.227. The number of nitrogens with zero attached hydrogens (tertiary/aromatic N) is 4. The lowest BCUT2D eigenvalue weighted by atomic mass is 10.3. The second kappa shape index (κ2) is 7.49. The lowest BCUT2D eigenvalue weighted by Gasteiger charge is -2.16. The first kappa shape index (κ1) is 17.1. The van der Waals surface area contributed by atoms with Crippen molar-refractivity contribution in [2.45, 2.75) is 12.8 Å². The second-order valence-electron chi connectivity index (χ2n) is 6.38. The molecule has 27 heavy (non-hydrogen) atoms. The van der Waals surface area contributed by atoms with Gasteiger partial charge in [-0.25, -0.2) is 9.67 Å². The number of anilines is 2. The van der Waals surface area contributed by atoms with Crippen LogP contribution in [0.1, 0.15) is 23.3 Å². The molecule has 0 bridgehead atoms. The first-order chi connectivity index (χ1) is 13.2. The van der Waals surface area contributed by atoms with Crippen molar-refractivity contribution in [1.29, 1.82) is 0 Å². The van der Waals surface area contributed by atoms with Gasteiger partial charge in [0.25, 0.3) is 5.91 Å². The van der Waals surface area contributed by atoms with Gasteiger partial charge in [0.05, 0.1) is 30.9 Å². The van der Waals surface area contributed by atoms with Gasteiger partial charge in [-0.1, -0.05) is 18.2 Å². The van der Waals surface area contributed by atoms with Crippen LogP contribution >= 0.6 is 0 Å². The quantitative estimate of drug-likeness (QED) is 0.754. The molecule has 0 unspecified atom stereocenters. The Morgan fingerprint density at radius 1 is 1.11 bits per heavy atom. The summed E-state index contributed by atoms with van der Waals surface area (Å²) in [7, 11) is 1.52. The summed E-state index contributed by atoms with van der Waals surface area (Å²) < 4.78 is 6.95. The normalized spacial score (nSPS) is 13.6. The second-order valence-corrected chi connectivity index (χ2v) is 6.38. The lowest BCUT2D eigenvalue weighted by Crippen LogP contribution is -2.19. The highest BCUT2D eigenvalue weighted by molar-refractivity contribution is 6.04. The number of carbonyl (C=O) groups excluding carboxylic acids is 1. The molecule has 1 aliphatic rings. The summed E-state index contributed by atoms with van der Waals surface area (Å²) in [5.74, 6) is 1.02. The molecule has 0 spiro atoms. The fourth-order valence-corrected chi connectivity index (χ4v) is 3.16. The molecule has 0 radical (unpaired) electrons. The molecule has 0 saturated carbocycles. The van der Waals surface area contributed by atoms with Crippen molar-refractivity contribution >= 4 is 17.4 Å². The van der Waals surface area contributed by atoms with Crippen molar-refractivity contribution in [2.24, 2.45) is 0 Å². The summed E-state index contributed by atoms with van der Waals surface area (Å²) in [4.78, 5) is 19.4. The zero-order valence-electron chi connectivity index (χ0n) is 15.1. The van der Waals surface area contributed by atoms with Crippen LogP contribution in [0.15, 0.2) is 54.9 Å². The third-order valence-electron chi connectivity index (χ3n) is 4.57. The maximum atomic E-state index is 12.7. The van der Waals surface area contributed by atoms with Crippen LogP contribution in [-0.4, -0.2) is 40.9 Å². The number of benzene rings is 1. The third-order valence-corrected chi connectivity index (χ3v) is 4.57. The number of pyridine rings is 1. The predicted molar refractivity (Wildman–Crippen MR) is 104 cm³/mol. The summed E-state index contributed by atoms with van der Waals surface area (Å²) in [5, 5.41) is 7.22. The van der Waals surface area contributed by atoms with Crippen LogP contribution in [0.3, 0.4) is 0 Å². The number of amides is 1. The van der Waals surface area contributed by atoms with Crippen LogP contribution in [0.2, 0.25) is 0 Å². The van der Waals surface area contributed by atoms with E-state index in [1.54, 1.807) is 17.1 Å². The first-order valence-electron chi connectivity index (χ1n) is 8.96. The van der Waals surface area contributed by atoms with Gasteiger partial charge in [-0.3, -0.25) is 4.79 Å². The van der Waals surface area contributed by atoms with Gasteiger partial charge in [-0.05, 0) is 37.1 Å². The van der Waals surface area contributed by atoms with Crippen molar-refractivity contribution < 1.29 is 9.53 Å². The number of rotatable bonds is 5. The Kier molecular flexibility index (Phi) is 4.74. The number of hydrogen-bond donors (Lipinski definition) is 1. The number of aromatic nitrogens is 3.